The predicted octanol–water partition coefficient (Wildman–Crippen LogP) is 2.80. The van der Waals surface area contributed by atoms with Gasteiger partial charge in [0.1, 0.15) is 5.75 Å². The SMILES string of the molecule is CC(C)N1CCN(C2CCCc3cc(O)ccc32)CC1. The Labute approximate surface area is 122 Å². The van der Waals surface area contributed by atoms with Gasteiger partial charge in [-0.1, -0.05) is 6.07 Å². The first-order valence-corrected chi connectivity index (χ1v) is 7.95. The maximum Gasteiger partial charge on any atom is 0.115 e. The maximum atomic E-state index is 9.66. The number of benzene rings is 1. The molecule has 1 aliphatic heterocycles. The molecule has 0 radical (unpaired) electrons. The third-order valence-electron chi connectivity index (χ3n) is 4.93. The minimum Gasteiger partial charge on any atom is -0.508 e. The van der Waals surface area contributed by atoms with Crippen molar-refractivity contribution in [2.75, 3.05) is 26.2 Å². The molecule has 1 heterocycles. The summed E-state index contributed by atoms with van der Waals surface area (Å²) in [4.78, 5) is 5.21. The lowest BCUT2D eigenvalue weighted by Gasteiger charge is -2.42. The van der Waals surface area contributed by atoms with Crippen LogP contribution in [0.1, 0.15) is 43.9 Å². The molecule has 1 N–H and O–H groups in total. The number of rotatable bonds is 2. The van der Waals surface area contributed by atoms with Gasteiger partial charge in [-0.05, 0) is 56.4 Å². The summed E-state index contributed by atoms with van der Waals surface area (Å²) in [5.74, 6) is 0.411. The second-order valence-electron chi connectivity index (χ2n) is 6.46. The molecule has 1 saturated heterocycles. The Morgan fingerprint density at radius 3 is 2.60 bits per heavy atom. The normalized spacial score (nSPS) is 24.9. The highest BCUT2D eigenvalue weighted by molar-refractivity contribution is 5.38. The lowest BCUT2D eigenvalue weighted by atomic mass is 9.86. The Morgan fingerprint density at radius 2 is 1.90 bits per heavy atom. The van der Waals surface area contributed by atoms with Crippen molar-refractivity contribution >= 4 is 0 Å². The Bertz CT molecular complexity index is 464. The summed E-state index contributed by atoms with van der Waals surface area (Å²) in [5, 5.41) is 9.66. The van der Waals surface area contributed by atoms with Crippen molar-refractivity contribution in [2.45, 2.75) is 45.2 Å². The average Bonchev–Trinajstić information content (AvgIpc) is 2.46. The van der Waals surface area contributed by atoms with Crippen molar-refractivity contribution in [2.24, 2.45) is 0 Å². The fourth-order valence-electron chi connectivity index (χ4n) is 3.72. The zero-order chi connectivity index (χ0) is 14.1. The molecule has 3 heteroatoms. The van der Waals surface area contributed by atoms with E-state index >= 15 is 0 Å². The molecule has 1 aromatic carbocycles. The van der Waals surface area contributed by atoms with Gasteiger partial charge in [-0.2, -0.15) is 0 Å². The Morgan fingerprint density at radius 1 is 1.15 bits per heavy atom. The molecule has 0 saturated carbocycles. The van der Waals surface area contributed by atoms with Crippen LogP contribution in [-0.4, -0.2) is 47.1 Å². The molecule has 3 rings (SSSR count). The number of aromatic hydroxyl groups is 1. The molecule has 3 nitrogen and oxygen atoms in total. The number of nitrogens with zero attached hydrogens (tertiary/aromatic N) is 2. The maximum absolute atomic E-state index is 9.66. The lowest BCUT2D eigenvalue weighted by molar-refractivity contribution is 0.0716. The highest BCUT2D eigenvalue weighted by Crippen LogP contribution is 2.36. The molecule has 1 atom stereocenters. The molecule has 1 aliphatic carbocycles. The third kappa shape index (κ3) is 2.70. The molecule has 0 spiro atoms. The molecule has 110 valence electrons. The number of aryl methyl sites for hydroxylation is 1. The number of fused-ring (bicyclic) bond motifs is 1. The number of hydrogen-bond acceptors (Lipinski definition) is 3. The zero-order valence-electron chi connectivity index (χ0n) is 12.7. The van der Waals surface area contributed by atoms with E-state index < -0.39 is 0 Å². The molecule has 1 aromatic rings. The molecule has 0 aromatic heterocycles. The first-order chi connectivity index (χ1) is 9.65. The van der Waals surface area contributed by atoms with E-state index in [1.165, 1.54) is 50.1 Å². The highest BCUT2D eigenvalue weighted by Gasteiger charge is 2.29. The molecule has 0 bridgehead atoms. The minimum atomic E-state index is 0.411. The quantitative estimate of drug-likeness (QED) is 0.898. The summed E-state index contributed by atoms with van der Waals surface area (Å²) in [5.41, 5.74) is 2.81. The Balaban J connectivity index is 1.74. The van der Waals surface area contributed by atoms with Crippen molar-refractivity contribution in [1.82, 2.24) is 9.80 Å². The van der Waals surface area contributed by atoms with E-state index in [9.17, 15) is 5.11 Å². The summed E-state index contributed by atoms with van der Waals surface area (Å²) < 4.78 is 0. The third-order valence-corrected chi connectivity index (χ3v) is 4.93. The van der Waals surface area contributed by atoms with Crippen LogP contribution >= 0.6 is 0 Å². The number of piperazine rings is 1. The lowest BCUT2D eigenvalue weighted by Crippen LogP contribution is -2.50. The number of phenols is 1. The van der Waals surface area contributed by atoms with Gasteiger partial charge in [0, 0.05) is 38.3 Å². The Kier molecular flexibility index (Phi) is 3.99. The molecule has 1 unspecified atom stereocenters. The van der Waals surface area contributed by atoms with Gasteiger partial charge in [-0.15, -0.1) is 0 Å². The van der Waals surface area contributed by atoms with Gasteiger partial charge < -0.3 is 5.11 Å². The second kappa shape index (κ2) is 5.74. The molecule has 1 fully saturated rings. The van der Waals surface area contributed by atoms with E-state index in [1.807, 2.05) is 12.1 Å². The molecular weight excluding hydrogens is 248 g/mol. The summed E-state index contributed by atoms with van der Waals surface area (Å²) in [6, 6.07) is 7.18. The van der Waals surface area contributed by atoms with Crippen LogP contribution in [0, 0.1) is 0 Å². The van der Waals surface area contributed by atoms with E-state index in [0.717, 1.165) is 6.42 Å². The largest absolute Gasteiger partial charge is 0.508 e. The van der Waals surface area contributed by atoms with E-state index in [4.69, 9.17) is 0 Å². The van der Waals surface area contributed by atoms with Gasteiger partial charge in [0.25, 0.3) is 0 Å². The molecule has 2 aliphatic rings. The molecular formula is C17H26N2O. The minimum absolute atomic E-state index is 0.411. The van der Waals surface area contributed by atoms with Crippen molar-refractivity contribution in [3.05, 3.63) is 29.3 Å². The van der Waals surface area contributed by atoms with Crippen LogP contribution in [-0.2, 0) is 6.42 Å². The summed E-state index contributed by atoms with van der Waals surface area (Å²) >= 11 is 0. The zero-order valence-corrected chi connectivity index (χ0v) is 12.7. The van der Waals surface area contributed by atoms with Crippen LogP contribution in [0.15, 0.2) is 18.2 Å². The first-order valence-electron chi connectivity index (χ1n) is 7.95. The summed E-state index contributed by atoms with van der Waals surface area (Å²) in [6.07, 6.45) is 3.62. The van der Waals surface area contributed by atoms with Gasteiger partial charge in [0.2, 0.25) is 0 Å². The van der Waals surface area contributed by atoms with Crippen LogP contribution in [0.25, 0.3) is 0 Å². The summed E-state index contributed by atoms with van der Waals surface area (Å²) in [7, 11) is 0. The molecule has 20 heavy (non-hydrogen) atoms. The smallest absolute Gasteiger partial charge is 0.115 e. The fraction of sp³-hybridized carbons (Fsp3) is 0.647. The van der Waals surface area contributed by atoms with E-state index in [1.54, 1.807) is 0 Å². The fourth-order valence-corrected chi connectivity index (χ4v) is 3.72. The predicted molar refractivity (Wildman–Crippen MR) is 82.1 cm³/mol. The molecule has 0 amide bonds. The van der Waals surface area contributed by atoms with Crippen molar-refractivity contribution in [3.8, 4) is 5.75 Å². The van der Waals surface area contributed by atoms with Crippen LogP contribution in [0.5, 0.6) is 5.75 Å². The van der Waals surface area contributed by atoms with Crippen molar-refractivity contribution in [3.63, 3.8) is 0 Å². The average molecular weight is 274 g/mol. The number of hydrogen-bond donors (Lipinski definition) is 1. The number of phenolic OH excluding ortho intramolecular Hbond substituents is 1. The summed E-state index contributed by atoms with van der Waals surface area (Å²) in [6.45, 7) is 9.28. The highest BCUT2D eigenvalue weighted by atomic mass is 16.3. The van der Waals surface area contributed by atoms with E-state index in [-0.39, 0.29) is 0 Å². The van der Waals surface area contributed by atoms with E-state index in [0.29, 0.717) is 17.8 Å². The van der Waals surface area contributed by atoms with Crippen LogP contribution in [0.3, 0.4) is 0 Å². The van der Waals surface area contributed by atoms with Crippen LogP contribution in [0.2, 0.25) is 0 Å². The standard InChI is InChI=1S/C17H26N2O/c1-13(2)18-8-10-19(11-9-18)17-5-3-4-14-12-15(20)6-7-16(14)17/h6-7,12-13,17,20H,3-5,8-11H2,1-2H3. The van der Waals surface area contributed by atoms with Gasteiger partial charge in [-0.25, -0.2) is 0 Å². The van der Waals surface area contributed by atoms with Gasteiger partial charge in [-0.3, -0.25) is 9.80 Å². The van der Waals surface area contributed by atoms with Crippen molar-refractivity contribution in [1.29, 1.82) is 0 Å². The van der Waals surface area contributed by atoms with Crippen LogP contribution < -0.4 is 0 Å². The van der Waals surface area contributed by atoms with Crippen molar-refractivity contribution < 1.29 is 5.11 Å². The monoisotopic (exact) mass is 274 g/mol. The topological polar surface area (TPSA) is 26.7 Å². The Hall–Kier alpha value is -1.06. The van der Waals surface area contributed by atoms with Gasteiger partial charge >= 0.3 is 0 Å². The van der Waals surface area contributed by atoms with Crippen LogP contribution in [0.4, 0.5) is 0 Å². The van der Waals surface area contributed by atoms with Gasteiger partial charge in [0.15, 0.2) is 0 Å². The second-order valence-corrected chi connectivity index (χ2v) is 6.46. The van der Waals surface area contributed by atoms with E-state index in [2.05, 4.69) is 29.7 Å². The van der Waals surface area contributed by atoms with Gasteiger partial charge in [0.05, 0.1) is 0 Å². The first kappa shape index (κ1) is 13.9.